The molecule has 0 aliphatic heterocycles. The normalized spacial score (nSPS) is 11.1. The lowest BCUT2D eigenvalue weighted by Gasteiger charge is -2.22. The molecule has 2 aromatic carbocycles. The number of amides is 1. The monoisotopic (exact) mass is 458 g/mol. The van der Waals surface area contributed by atoms with Gasteiger partial charge in [0.15, 0.2) is 0 Å². The highest BCUT2D eigenvalue weighted by atomic mass is 19.1. The van der Waals surface area contributed by atoms with Crippen LogP contribution in [-0.2, 0) is 11.2 Å². The highest BCUT2D eigenvalue weighted by Gasteiger charge is 2.19. The average Bonchev–Trinajstić information content (AvgIpc) is 3.15. The van der Waals surface area contributed by atoms with Gasteiger partial charge in [-0.25, -0.2) is 9.37 Å². The molecule has 0 spiro atoms. The lowest BCUT2D eigenvalue weighted by atomic mass is 10.1. The minimum absolute atomic E-state index is 0.123. The van der Waals surface area contributed by atoms with Crippen molar-refractivity contribution in [1.82, 2.24) is 9.38 Å². The number of aromatic nitrogens is 2. The number of carbonyl (C=O) groups is 1. The number of benzene rings is 2. The summed E-state index contributed by atoms with van der Waals surface area (Å²) in [5.41, 5.74) is 7.59. The molecule has 4 rings (SSSR count). The van der Waals surface area contributed by atoms with E-state index in [9.17, 15) is 9.18 Å². The number of nitrogens with zero attached hydrogens (tertiary/aromatic N) is 3. The van der Waals surface area contributed by atoms with Crippen LogP contribution in [0.2, 0.25) is 0 Å². The van der Waals surface area contributed by atoms with Gasteiger partial charge in [0.2, 0.25) is 5.91 Å². The molecular weight excluding hydrogens is 427 g/mol. The van der Waals surface area contributed by atoms with Crippen molar-refractivity contribution in [2.75, 3.05) is 23.3 Å². The van der Waals surface area contributed by atoms with Gasteiger partial charge in [0.1, 0.15) is 11.5 Å². The van der Waals surface area contributed by atoms with Crippen LogP contribution in [-0.4, -0.2) is 28.4 Å². The third kappa shape index (κ3) is 4.67. The van der Waals surface area contributed by atoms with Crippen LogP contribution in [0.4, 0.5) is 15.8 Å². The van der Waals surface area contributed by atoms with E-state index in [0.717, 1.165) is 52.5 Å². The first-order valence-corrected chi connectivity index (χ1v) is 11.7. The second-order valence-corrected chi connectivity index (χ2v) is 8.70. The van der Waals surface area contributed by atoms with Gasteiger partial charge >= 0.3 is 0 Å². The molecule has 176 valence electrons. The second-order valence-electron chi connectivity index (χ2n) is 8.70. The SMILES string of the molecule is CCN(CC)c1ccc(NC(=O)Cc2c(-c3ccc(F)c(C)c3)nc3ccc(C)cn23)c(C)c1. The standard InChI is InChI=1S/C28H31FN4O/c1-6-32(7-2)22-10-12-24(20(5)15-22)30-27(34)16-25-28(21-9-11-23(29)19(4)14-21)31-26-13-8-18(3)17-33(25)26/h8-15,17H,6-7,16H2,1-5H3,(H,30,34). The average molecular weight is 459 g/mol. The molecule has 0 aliphatic carbocycles. The van der Waals surface area contributed by atoms with Crippen LogP contribution in [0.3, 0.4) is 0 Å². The van der Waals surface area contributed by atoms with Crippen molar-refractivity contribution in [2.24, 2.45) is 0 Å². The first-order valence-electron chi connectivity index (χ1n) is 11.7. The minimum atomic E-state index is -0.258. The molecule has 6 heteroatoms. The fourth-order valence-corrected chi connectivity index (χ4v) is 4.31. The van der Waals surface area contributed by atoms with Crippen molar-refractivity contribution < 1.29 is 9.18 Å². The van der Waals surface area contributed by atoms with Gasteiger partial charge in [0.25, 0.3) is 0 Å². The van der Waals surface area contributed by atoms with E-state index in [2.05, 4.69) is 30.1 Å². The van der Waals surface area contributed by atoms with E-state index in [1.165, 1.54) is 6.07 Å². The predicted octanol–water partition coefficient (Wildman–Crippen LogP) is 6.09. The molecular formula is C28H31FN4O. The van der Waals surface area contributed by atoms with Crippen LogP contribution in [0.15, 0.2) is 54.7 Å². The molecule has 0 atom stereocenters. The first kappa shape index (κ1) is 23.5. The van der Waals surface area contributed by atoms with Crippen LogP contribution in [0.25, 0.3) is 16.9 Å². The Bertz CT molecular complexity index is 1350. The van der Waals surface area contributed by atoms with Crippen molar-refractivity contribution in [3.63, 3.8) is 0 Å². The third-order valence-electron chi connectivity index (χ3n) is 6.24. The number of anilines is 2. The van der Waals surface area contributed by atoms with Gasteiger partial charge in [-0.2, -0.15) is 0 Å². The van der Waals surface area contributed by atoms with E-state index in [4.69, 9.17) is 4.98 Å². The Hall–Kier alpha value is -3.67. The predicted molar refractivity (Wildman–Crippen MR) is 137 cm³/mol. The smallest absolute Gasteiger partial charge is 0.230 e. The summed E-state index contributed by atoms with van der Waals surface area (Å²) in [4.78, 5) is 20.2. The number of rotatable bonds is 7. The maximum absolute atomic E-state index is 13.9. The molecule has 0 saturated carbocycles. The van der Waals surface area contributed by atoms with E-state index in [-0.39, 0.29) is 18.1 Å². The van der Waals surface area contributed by atoms with Crippen molar-refractivity contribution in [3.8, 4) is 11.3 Å². The summed E-state index contributed by atoms with van der Waals surface area (Å²) >= 11 is 0. The number of carbonyl (C=O) groups excluding carboxylic acids is 1. The lowest BCUT2D eigenvalue weighted by Crippen LogP contribution is -2.22. The number of halogens is 1. The highest BCUT2D eigenvalue weighted by Crippen LogP contribution is 2.28. The molecule has 0 saturated heterocycles. The minimum Gasteiger partial charge on any atom is -0.372 e. The molecule has 34 heavy (non-hydrogen) atoms. The zero-order valence-corrected chi connectivity index (χ0v) is 20.4. The maximum Gasteiger partial charge on any atom is 0.230 e. The Morgan fingerprint density at radius 1 is 1.00 bits per heavy atom. The first-order chi connectivity index (χ1) is 16.3. The number of pyridine rings is 1. The molecule has 0 unspecified atom stereocenters. The number of hydrogen-bond donors (Lipinski definition) is 1. The molecule has 2 heterocycles. The molecule has 0 bridgehead atoms. The summed E-state index contributed by atoms with van der Waals surface area (Å²) in [5.74, 6) is -0.381. The Kier molecular flexibility index (Phi) is 6.68. The van der Waals surface area contributed by atoms with Gasteiger partial charge in [-0.1, -0.05) is 6.07 Å². The quantitative estimate of drug-likeness (QED) is 0.364. The molecule has 4 aromatic rings. The van der Waals surface area contributed by atoms with E-state index < -0.39 is 0 Å². The van der Waals surface area contributed by atoms with Gasteiger partial charge in [-0.05, 0) is 93.8 Å². The molecule has 0 fully saturated rings. The van der Waals surface area contributed by atoms with Crippen LogP contribution in [0, 0.1) is 26.6 Å². The summed E-state index contributed by atoms with van der Waals surface area (Å²) in [6.45, 7) is 11.9. The number of fused-ring (bicyclic) bond motifs is 1. The van der Waals surface area contributed by atoms with E-state index in [1.807, 2.05) is 48.7 Å². The molecule has 2 aromatic heterocycles. The number of aryl methyl sites for hydroxylation is 3. The van der Waals surface area contributed by atoms with Crippen molar-refractivity contribution in [1.29, 1.82) is 0 Å². The summed E-state index contributed by atoms with van der Waals surface area (Å²) in [6.07, 6.45) is 2.13. The largest absolute Gasteiger partial charge is 0.372 e. The Labute approximate surface area is 200 Å². The summed E-state index contributed by atoms with van der Waals surface area (Å²) < 4.78 is 15.9. The number of hydrogen-bond acceptors (Lipinski definition) is 3. The summed E-state index contributed by atoms with van der Waals surface area (Å²) in [7, 11) is 0. The summed E-state index contributed by atoms with van der Waals surface area (Å²) in [6, 6.07) is 15.0. The van der Waals surface area contributed by atoms with Crippen LogP contribution in [0.1, 0.15) is 36.2 Å². The molecule has 0 aliphatic rings. The topological polar surface area (TPSA) is 49.6 Å². The molecule has 5 nitrogen and oxygen atoms in total. The van der Waals surface area contributed by atoms with Crippen LogP contribution >= 0.6 is 0 Å². The van der Waals surface area contributed by atoms with Gasteiger partial charge in [0, 0.05) is 36.2 Å². The zero-order valence-electron chi connectivity index (χ0n) is 20.4. The maximum atomic E-state index is 13.9. The Morgan fingerprint density at radius 2 is 1.76 bits per heavy atom. The van der Waals surface area contributed by atoms with E-state index >= 15 is 0 Å². The van der Waals surface area contributed by atoms with Crippen molar-refractivity contribution in [3.05, 3.63) is 82.9 Å². The van der Waals surface area contributed by atoms with Crippen molar-refractivity contribution in [2.45, 2.75) is 41.0 Å². The number of nitrogens with one attached hydrogen (secondary N) is 1. The highest BCUT2D eigenvalue weighted by molar-refractivity contribution is 5.94. The van der Waals surface area contributed by atoms with Gasteiger partial charge in [0.05, 0.1) is 17.8 Å². The van der Waals surface area contributed by atoms with Gasteiger partial charge < -0.3 is 14.6 Å². The third-order valence-corrected chi connectivity index (χ3v) is 6.24. The number of imidazole rings is 1. The second kappa shape index (κ2) is 9.67. The molecule has 1 N–H and O–H groups in total. The molecule has 1 amide bonds. The summed E-state index contributed by atoms with van der Waals surface area (Å²) in [5, 5.41) is 3.07. The Balaban J connectivity index is 1.67. The van der Waals surface area contributed by atoms with Crippen LogP contribution in [0.5, 0.6) is 0 Å². The Morgan fingerprint density at radius 3 is 2.44 bits per heavy atom. The lowest BCUT2D eigenvalue weighted by molar-refractivity contribution is -0.115. The van der Waals surface area contributed by atoms with Crippen molar-refractivity contribution >= 4 is 22.9 Å². The fourth-order valence-electron chi connectivity index (χ4n) is 4.31. The zero-order chi connectivity index (χ0) is 24.4. The van der Waals surface area contributed by atoms with Gasteiger partial charge in [-0.3, -0.25) is 4.79 Å². The molecule has 0 radical (unpaired) electrons. The van der Waals surface area contributed by atoms with E-state index in [0.29, 0.717) is 11.3 Å². The van der Waals surface area contributed by atoms with Gasteiger partial charge in [-0.15, -0.1) is 0 Å². The van der Waals surface area contributed by atoms with E-state index in [1.54, 1.807) is 19.1 Å². The van der Waals surface area contributed by atoms with Crippen LogP contribution < -0.4 is 10.2 Å². The fraction of sp³-hybridized carbons (Fsp3) is 0.286.